The molecule has 2 aromatic rings. The number of para-hydroxylation sites is 1. The van der Waals surface area contributed by atoms with Gasteiger partial charge in [-0.05, 0) is 31.7 Å². The zero-order chi connectivity index (χ0) is 14.6. The minimum absolute atomic E-state index is 0.590. The Hall–Kier alpha value is -1.39. The van der Waals surface area contributed by atoms with E-state index in [1.165, 1.54) is 0 Å². The molecule has 0 bridgehead atoms. The minimum atomic E-state index is -0.653. The van der Waals surface area contributed by atoms with Gasteiger partial charge < -0.3 is 10.4 Å². The normalized spacial score (nSPS) is 14.8. The second kappa shape index (κ2) is 6.37. The van der Waals surface area contributed by atoms with Crippen molar-refractivity contribution in [3.63, 3.8) is 0 Å². The fourth-order valence-electron chi connectivity index (χ4n) is 2.29. The summed E-state index contributed by atoms with van der Waals surface area (Å²) in [5.74, 6) is 0.623. The van der Waals surface area contributed by atoms with Crippen LogP contribution in [0.2, 0.25) is 0 Å². The molecule has 0 aliphatic carbocycles. The second-order valence-corrected chi connectivity index (χ2v) is 6.25. The van der Waals surface area contributed by atoms with Crippen molar-refractivity contribution < 1.29 is 5.11 Å². The predicted molar refractivity (Wildman–Crippen MR) is 82.5 cm³/mol. The average Bonchev–Trinajstić information content (AvgIpc) is 2.80. The Balaban J connectivity index is 1.86. The Morgan fingerprint density at radius 2 is 2.10 bits per heavy atom. The van der Waals surface area contributed by atoms with Gasteiger partial charge in [0.15, 0.2) is 0 Å². The molecule has 20 heavy (non-hydrogen) atoms. The number of nitrogens with one attached hydrogen (secondary N) is 2. The lowest BCUT2D eigenvalue weighted by Crippen LogP contribution is -2.37. The lowest BCUT2D eigenvalue weighted by atomic mass is 9.95. The lowest BCUT2D eigenvalue weighted by molar-refractivity contribution is 0.0450. The van der Waals surface area contributed by atoms with Gasteiger partial charge in [-0.25, -0.2) is 0 Å². The van der Waals surface area contributed by atoms with Crippen LogP contribution in [0.15, 0.2) is 24.3 Å². The number of benzene rings is 1. The maximum Gasteiger partial charge on any atom is 0.0924 e. The molecule has 1 aromatic heterocycles. The molecule has 0 saturated heterocycles. The first-order valence-corrected chi connectivity index (χ1v) is 7.33. The summed E-state index contributed by atoms with van der Waals surface area (Å²) in [6, 6.07) is 8.05. The first kappa shape index (κ1) is 15.0. The van der Waals surface area contributed by atoms with E-state index in [1.54, 1.807) is 0 Å². The van der Waals surface area contributed by atoms with Gasteiger partial charge in [-0.2, -0.15) is 5.10 Å². The molecule has 4 nitrogen and oxygen atoms in total. The Morgan fingerprint density at radius 1 is 1.35 bits per heavy atom. The summed E-state index contributed by atoms with van der Waals surface area (Å²) in [4.78, 5) is 0. The average molecular weight is 275 g/mol. The molecular weight excluding hydrogens is 250 g/mol. The summed E-state index contributed by atoms with van der Waals surface area (Å²) < 4.78 is 0. The zero-order valence-corrected chi connectivity index (χ0v) is 12.6. The maximum atomic E-state index is 10.3. The fraction of sp³-hybridized carbons (Fsp3) is 0.562. The molecule has 1 aromatic carbocycles. The SMILES string of the molecule is CC(C)CCC(C)(O)CNCc1[nH]nc2ccccc12. The van der Waals surface area contributed by atoms with E-state index >= 15 is 0 Å². The molecule has 0 amide bonds. The Kier molecular flexibility index (Phi) is 4.78. The van der Waals surface area contributed by atoms with Crippen molar-refractivity contribution in [3.05, 3.63) is 30.0 Å². The zero-order valence-electron chi connectivity index (χ0n) is 12.6. The summed E-state index contributed by atoms with van der Waals surface area (Å²) in [5, 5.41) is 22.1. The van der Waals surface area contributed by atoms with Crippen molar-refractivity contribution in [2.45, 2.75) is 45.8 Å². The van der Waals surface area contributed by atoms with Gasteiger partial charge in [0.25, 0.3) is 0 Å². The van der Waals surface area contributed by atoms with Crippen LogP contribution in [-0.2, 0) is 6.54 Å². The van der Waals surface area contributed by atoms with Crippen molar-refractivity contribution in [1.29, 1.82) is 0 Å². The molecule has 0 aliphatic rings. The van der Waals surface area contributed by atoms with E-state index < -0.39 is 5.60 Å². The van der Waals surface area contributed by atoms with E-state index in [2.05, 4.69) is 35.4 Å². The van der Waals surface area contributed by atoms with E-state index in [-0.39, 0.29) is 0 Å². The lowest BCUT2D eigenvalue weighted by Gasteiger charge is -2.24. The maximum absolute atomic E-state index is 10.3. The van der Waals surface area contributed by atoms with Gasteiger partial charge >= 0.3 is 0 Å². The number of nitrogens with zero attached hydrogens (tertiary/aromatic N) is 1. The molecule has 0 spiro atoms. The highest BCUT2D eigenvalue weighted by Gasteiger charge is 2.20. The van der Waals surface area contributed by atoms with Gasteiger partial charge in [0, 0.05) is 18.5 Å². The first-order valence-electron chi connectivity index (χ1n) is 7.33. The van der Waals surface area contributed by atoms with E-state index in [0.717, 1.165) is 29.4 Å². The van der Waals surface area contributed by atoms with Crippen LogP contribution >= 0.6 is 0 Å². The highest BCUT2D eigenvalue weighted by molar-refractivity contribution is 5.81. The Bertz CT molecular complexity index is 545. The monoisotopic (exact) mass is 275 g/mol. The van der Waals surface area contributed by atoms with Gasteiger partial charge in [0.05, 0.1) is 16.8 Å². The highest BCUT2D eigenvalue weighted by Crippen LogP contribution is 2.17. The number of H-pyrrole nitrogens is 1. The number of aromatic amines is 1. The number of hydrogen-bond acceptors (Lipinski definition) is 3. The van der Waals surface area contributed by atoms with Crippen molar-refractivity contribution >= 4 is 10.9 Å². The van der Waals surface area contributed by atoms with Gasteiger partial charge in [-0.1, -0.05) is 32.0 Å². The quantitative estimate of drug-likeness (QED) is 0.728. The summed E-state index contributed by atoms with van der Waals surface area (Å²) in [5.41, 5.74) is 1.40. The third kappa shape index (κ3) is 4.05. The third-order valence-electron chi connectivity index (χ3n) is 3.61. The molecule has 1 unspecified atom stereocenters. The van der Waals surface area contributed by atoms with Crippen molar-refractivity contribution in [3.8, 4) is 0 Å². The number of fused-ring (bicyclic) bond motifs is 1. The standard InChI is InChI=1S/C16H25N3O/c1-12(2)8-9-16(3,20)11-17-10-15-13-6-4-5-7-14(13)18-19-15/h4-7,12,17,20H,8-11H2,1-3H3,(H,18,19). The molecular formula is C16H25N3O. The topological polar surface area (TPSA) is 60.9 Å². The van der Waals surface area contributed by atoms with Crippen LogP contribution in [-0.4, -0.2) is 27.4 Å². The van der Waals surface area contributed by atoms with Gasteiger partial charge in [0.2, 0.25) is 0 Å². The summed E-state index contributed by atoms with van der Waals surface area (Å²) >= 11 is 0. The number of hydrogen-bond donors (Lipinski definition) is 3. The van der Waals surface area contributed by atoms with Crippen LogP contribution in [0.1, 0.15) is 39.3 Å². The van der Waals surface area contributed by atoms with Crippen molar-refractivity contribution in [2.75, 3.05) is 6.54 Å². The van der Waals surface area contributed by atoms with Crippen LogP contribution in [0.4, 0.5) is 0 Å². The number of aliphatic hydroxyl groups is 1. The molecule has 0 fully saturated rings. The van der Waals surface area contributed by atoms with Gasteiger partial charge in [-0.3, -0.25) is 5.10 Å². The molecule has 2 rings (SSSR count). The van der Waals surface area contributed by atoms with Gasteiger partial charge in [0.1, 0.15) is 0 Å². The van der Waals surface area contributed by atoms with Crippen LogP contribution < -0.4 is 5.32 Å². The smallest absolute Gasteiger partial charge is 0.0924 e. The summed E-state index contributed by atoms with van der Waals surface area (Å²) in [6.45, 7) is 7.54. The van der Waals surface area contributed by atoms with E-state index in [4.69, 9.17) is 0 Å². The van der Waals surface area contributed by atoms with Crippen LogP contribution in [0.5, 0.6) is 0 Å². The largest absolute Gasteiger partial charge is 0.389 e. The molecule has 0 radical (unpaired) electrons. The second-order valence-electron chi connectivity index (χ2n) is 6.25. The van der Waals surface area contributed by atoms with Gasteiger partial charge in [-0.15, -0.1) is 0 Å². The molecule has 0 saturated carbocycles. The molecule has 1 heterocycles. The van der Waals surface area contributed by atoms with Crippen LogP contribution in [0, 0.1) is 5.92 Å². The van der Waals surface area contributed by atoms with Crippen molar-refractivity contribution in [2.24, 2.45) is 5.92 Å². The fourth-order valence-corrected chi connectivity index (χ4v) is 2.29. The molecule has 4 heteroatoms. The van der Waals surface area contributed by atoms with Crippen LogP contribution in [0.3, 0.4) is 0 Å². The van der Waals surface area contributed by atoms with Crippen LogP contribution in [0.25, 0.3) is 10.9 Å². The van der Waals surface area contributed by atoms with E-state index in [0.29, 0.717) is 19.0 Å². The Morgan fingerprint density at radius 3 is 2.85 bits per heavy atom. The minimum Gasteiger partial charge on any atom is -0.389 e. The first-order chi connectivity index (χ1) is 9.48. The molecule has 0 aliphatic heterocycles. The predicted octanol–water partition coefficient (Wildman–Crippen LogP) is 2.84. The van der Waals surface area contributed by atoms with E-state index in [9.17, 15) is 5.11 Å². The molecule has 1 atom stereocenters. The highest BCUT2D eigenvalue weighted by atomic mass is 16.3. The third-order valence-corrected chi connectivity index (χ3v) is 3.61. The number of rotatable bonds is 7. The number of aromatic nitrogens is 2. The summed E-state index contributed by atoms with van der Waals surface area (Å²) in [7, 11) is 0. The van der Waals surface area contributed by atoms with Crippen molar-refractivity contribution in [1.82, 2.24) is 15.5 Å². The Labute approximate surface area is 120 Å². The molecule has 110 valence electrons. The molecule has 3 N–H and O–H groups in total. The van der Waals surface area contributed by atoms with E-state index in [1.807, 2.05) is 25.1 Å². The summed E-state index contributed by atoms with van der Waals surface area (Å²) in [6.07, 6.45) is 1.86.